The minimum atomic E-state index is -3.26. The van der Waals surface area contributed by atoms with Crippen LogP contribution in [0.5, 0.6) is 5.75 Å². The smallest absolute Gasteiger partial charge is 0.280 e. The van der Waals surface area contributed by atoms with Gasteiger partial charge in [0.15, 0.2) is 0 Å². The molecule has 2 aromatic carbocycles. The number of hydrogen-bond donors (Lipinski definition) is 1. The average Bonchev–Trinajstić information content (AvgIpc) is 2.66. The summed E-state index contributed by atoms with van der Waals surface area (Å²) in [4.78, 5) is 17.5. The van der Waals surface area contributed by atoms with Crippen molar-refractivity contribution in [3.63, 3.8) is 0 Å². The Balaban J connectivity index is 1.81. The minimum Gasteiger partial charge on any atom is -0.491 e. The van der Waals surface area contributed by atoms with Crippen molar-refractivity contribution >= 4 is 28.3 Å². The fourth-order valence-electron chi connectivity index (χ4n) is 2.72. The fraction of sp³-hybridized carbons (Fsp3) is 0.333. The van der Waals surface area contributed by atoms with E-state index >= 15 is 0 Å². The second kappa shape index (κ2) is 10.2. The van der Waals surface area contributed by atoms with Crippen molar-refractivity contribution in [2.75, 3.05) is 37.7 Å². The molecular weight excluding hydrogens is 390 g/mol. The van der Waals surface area contributed by atoms with E-state index in [4.69, 9.17) is 4.74 Å². The van der Waals surface area contributed by atoms with E-state index in [2.05, 4.69) is 21.3 Å². The van der Waals surface area contributed by atoms with Crippen LogP contribution in [0.4, 0.5) is 5.69 Å². The van der Waals surface area contributed by atoms with Gasteiger partial charge in [-0.1, -0.05) is 23.8 Å². The second-order valence-corrected chi connectivity index (χ2v) is 8.68. The summed E-state index contributed by atoms with van der Waals surface area (Å²) in [5, 5.41) is 0. The molecule has 1 N–H and O–H groups in total. The van der Waals surface area contributed by atoms with Crippen molar-refractivity contribution in [2.24, 2.45) is 4.99 Å². The number of aryl methyl sites for hydroxylation is 1. The number of sulfonamides is 1. The molecule has 0 fully saturated rings. The number of likely N-dealkylation sites (N-methyl/N-ethyl adjacent to an activating group) is 1. The van der Waals surface area contributed by atoms with Crippen LogP contribution in [0.25, 0.3) is 0 Å². The van der Waals surface area contributed by atoms with E-state index in [9.17, 15) is 13.2 Å². The van der Waals surface area contributed by atoms with Gasteiger partial charge in [0, 0.05) is 18.8 Å². The van der Waals surface area contributed by atoms with E-state index in [0.29, 0.717) is 30.2 Å². The van der Waals surface area contributed by atoms with E-state index in [-0.39, 0.29) is 0 Å². The molecule has 2 aromatic rings. The molecule has 0 aliphatic carbocycles. The maximum Gasteiger partial charge on any atom is 0.280 e. The van der Waals surface area contributed by atoms with Gasteiger partial charge in [-0.2, -0.15) is 0 Å². The van der Waals surface area contributed by atoms with Crippen molar-refractivity contribution < 1.29 is 17.9 Å². The van der Waals surface area contributed by atoms with Crippen molar-refractivity contribution in [3.8, 4) is 5.75 Å². The Kier molecular flexibility index (Phi) is 7.92. The van der Waals surface area contributed by atoms with Gasteiger partial charge in [-0.25, -0.2) is 13.4 Å². The lowest BCUT2D eigenvalue weighted by Crippen LogP contribution is -2.26. The highest BCUT2D eigenvalue weighted by molar-refractivity contribution is 7.92. The topological polar surface area (TPSA) is 88.1 Å². The third-order valence-corrected chi connectivity index (χ3v) is 4.89. The van der Waals surface area contributed by atoms with Gasteiger partial charge in [0.05, 0.1) is 11.8 Å². The molecule has 0 spiro atoms. The van der Waals surface area contributed by atoms with Crippen LogP contribution in [-0.2, 0) is 16.4 Å². The Labute approximate surface area is 172 Å². The first-order valence-corrected chi connectivity index (χ1v) is 11.1. The van der Waals surface area contributed by atoms with Gasteiger partial charge in [0.2, 0.25) is 10.0 Å². The van der Waals surface area contributed by atoms with Crippen LogP contribution in [0, 0.1) is 6.92 Å². The zero-order valence-electron chi connectivity index (χ0n) is 17.0. The Morgan fingerprint density at radius 2 is 1.86 bits per heavy atom. The number of nitrogens with one attached hydrogen (secondary N) is 1. The summed E-state index contributed by atoms with van der Waals surface area (Å²) in [6.07, 6.45) is 1.95. The van der Waals surface area contributed by atoms with Gasteiger partial charge in [-0.3, -0.25) is 9.52 Å². The molecule has 7 nitrogen and oxygen atoms in total. The standard InChI is InChI=1S/C21H27N3O4S/c1-16-5-10-20(19(15-16)21(25)22-2)28-14-13-24(3)12-11-17-6-8-18(9-7-17)23-29(4,26)27/h5-10,15,23H,2,11-14H2,1,3-4H3. The molecule has 8 heteroatoms. The molecule has 0 unspecified atom stereocenters. The maximum absolute atomic E-state index is 11.9. The lowest BCUT2D eigenvalue weighted by Gasteiger charge is -2.18. The van der Waals surface area contributed by atoms with Crippen LogP contribution in [-0.4, -0.2) is 58.9 Å². The van der Waals surface area contributed by atoms with Gasteiger partial charge in [0.1, 0.15) is 12.4 Å². The predicted octanol–water partition coefficient (Wildman–Crippen LogP) is 2.76. The van der Waals surface area contributed by atoms with Crippen molar-refractivity contribution in [2.45, 2.75) is 13.3 Å². The average molecular weight is 418 g/mol. The van der Waals surface area contributed by atoms with Crippen LogP contribution in [0.3, 0.4) is 0 Å². The van der Waals surface area contributed by atoms with E-state index in [1.807, 2.05) is 32.2 Å². The minimum absolute atomic E-state index is 0.397. The number of benzene rings is 2. The molecule has 0 saturated carbocycles. The van der Waals surface area contributed by atoms with Crippen LogP contribution in [0.15, 0.2) is 47.5 Å². The summed E-state index contributed by atoms with van der Waals surface area (Å²) in [5.74, 6) is 0.112. The summed E-state index contributed by atoms with van der Waals surface area (Å²) in [7, 11) is -1.27. The number of rotatable bonds is 10. The summed E-state index contributed by atoms with van der Waals surface area (Å²) in [6, 6.07) is 12.7. The molecule has 0 bridgehead atoms. The van der Waals surface area contributed by atoms with E-state index in [1.54, 1.807) is 24.3 Å². The molecule has 0 radical (unpaired) electrons. The fourth-order valence-corrected chi connectivity index (χ4v) is 3.28. The Morgan fingerprint density at radius 3 is 2.48 bits per heavy atom. The molecule has 0 aliphatic heterocycles. The number of carbonyl (C=O) groups is 1. The number of hydrogen-bond acceptors (Lipinski definition) is 5. The number of carbonyl (C=O) groups excluding carboxylic acids is 1. The summed E-state index contributed by atoms with van der Waals surface area (Å²) < 4.78 is 30.7. The van der Waals surface area contributed by atoms with Gasteiger partial charge >= 0.3 is 0 Å². The number of ether oxygens (including phenoxy) is 1. The molecule has 0 aromatic heterocycles. The lowest BCUT2D eigenvalue weighted by atomic mass is 10.1. The number of nitrogens with zero attached hydrogens (tertiary/aromatic N) is 2. The van der Waals surface area contributed by atoms with Crippen LogP contribution in [0.2, 0.25) is 0 Å². The van der Waals surface area contributed by atoms with Crippen LogP contribution in [0.1, 0.15) is 21.5 Å². The van der Waals surface area contributed by atoms with Crippen LogP contribution < -0.4 is 9.46 Å². The lowest BCUT2D eigenvalue weighted by molar-refractivity contribution is 0.0999. The Morgan fingerprint density at radius 1 is 1.17 bits per heavy atom. The zero-order valence-corrected chi connectivity index (χ0v) is 17.8. The molecule has 1 amide bonds. The Bertz CT molecular complexity index is 956. The van der Waals surface area contributed by atoms with E-state index in [1.165, 1.54) is 0 Å². The monoisotopic (exact) mass is 417 g/mol. The quantitative estimate of drug-likeness (QED) is 0.601. The SMILES string of the molecule is C=NC(=O)c1cc(C)ccc1OCCN(C)CCc1ccc(NS(C)(=O)=O)cc1. The normalized spacial score (nSPS) is 11.3. The van der Waals surface area contributed by atoms with Crippen LogP contribution >= 0.6 is 0 Å². The van der Waals surface area contributed by atoms with Crippen molar-refractivity contribution in [1.82, 2.24) is 4.90 Å². The van der Waals surface area contributed by atoms with Crippen molar-refractivity contribution in [1.29, 1.82) is 0 Å². The molecule has 2 rings (SSSR count). The number of aliphatic imine (C=N–C) groups is 1. The molecule has 0 atom stereocenters. The molecular formula is C21H27N3O4S. The largest absolute Gasteiger partial charge is 0.491 e. The molecule has 156 valence electrons. The van der Waals surface area contributed by atoms with Gasteiger partial charge < -0.3 is 9.64 Å². The molecule has 0 saturated heterocycles. The third-order valence-electron chi connectivity index (χ3n) is 4.28. The van der Waals surface area contributed by atoms with Gasteiger partial charge in [-0.15, -0.1) is 0 Å². The highest BCUT2D eigenvalue weighted by Gasteiger charge is 2.12. The highest BCUT2D eigenvalue weighted by Crippen LogP contribution is 2.21. The van der Waals surface area contributed by atoms with Crippen molar-refractivity contribution in [3.05, 3.63) is 59.2 Å². The van der Waals surface area contributed by atoms with Gasteiger partial charge in [-0.05, 0) is 56.9 Å². The molecule has 29 heavy (non-hydrogen) atoms. The van der Waals surface area contributed by atoms with E-state index < -0.39 is 15.9 Å². The maximum atomic E-state index is 11.9. The summed E-state index contributed by atoms with van der Waals surface area (Å²) in [6.45, 7) is 7.14. The second-order valence-electron chi connectivity index (χ2n) is 6.94. The zero-order chi connectivity index (χ0) is 21.4. The first-order chi connectivity index (χ1) is 13.7. The molecule has 0 aliphatic rings. The number of anilines is 1. The summed E-state index contributed by atoms with van der Waals surface area (Å²) >= 11 is 0. The summed E-state index contributed by atoms with van der Waals surface area (Å²) in [5.41, 5.74) is 3.04. The first kappa shape index (κ1) is 22.6. The first-order valence-electron chi connectivity index (χ1n) is 9.18. The Hall–Kier alpha value is -2.71. The predicted molar refractivity (Wildman–Crippen MR) is 117 cm³/mol. The highest BCUT2D eigenvalue weighted by atomic mass is 32.2. The third kappa shape index (κ3) is 7.67. The van der Waals surface area contributed by atoms with Gasteiger partial charge in [0.25, 0.3) is 5.91 Å². The number of amides is 1. The molecule has 0 heterocycles. The van der Waals surface area contributed by atoms with E-state index in [0.717, 1.165) is 30.3 Å².